The van der Waals surface area contributed by atoms with Crippen LogP contribution in [0.15, 0.2) is 188 Å². The Bertz CT molecular complexity index is 3570. The van der Waals surface area contributed by atoms with Crippen molar-refractivity contribution < 1.29 is 0 Å². The van der Waals surface area contributed by atoms with E-state index in [2.05, 4.69) is 197 Å². The average Bonchev–Trinajstić information content (AvgIpc) is 4.03. The number of hydrogen-bond acceptors (Lipinski definition) is 2. The predicted molar refractivity (Wildman–Crippen MR) is 241 cm³/mol. The molecule has 0 unspecified atom stereocenters. The van der Waals surface area contributed by atoms with Gasteiger partial charge in [0.2, 0.25) is 0 Å². The summed E-state index contributed by atoms with van der Waals surface area (Å²) in [6.45, 7) is 0. The second-order valence-electron chi connectivity index (χ2n) is 15.1. The molecule has 0 aliphatic heterocycles. The van der Waals surface area contributed by atoms with Gasteiger partial charge in [0.15, 0.2) is 0 Å². The molecule has 0 bridgehead atoms. The molecule has 0 amide bonds. The summed E-state index contributed by atoms with van der Waals surface area (Å²) < 4.78 is 4.81. The van der Waals surface area contributed by atoms with Gasteiger partial charge in [0, 0.05) is 49.6 Å². The van der Waals surface area contributed by atoms with Gasteiger partial charge in [-0.15, -0.1) is 11.3 Å². The van der Waals surface area contributed by atoms with E-state index in [4.69, 9.17) is 4.98 Å². The van der Waals surface area contributed by atoms with Crippen molar-refractivity contribution in [3.05, 3.63) is 188 Å². The van der Waals surface area contributed by atoms with Crippen molar-refractivity contribution in [1.82, 2.24) is 14.1 Å². The lowest BCUT2D eigenvalue weighted by molar-refractivity contribution is 1.18. The van der Waals surface area contributed by atoms with Crippen LogP contribution in [-0.2, 0) is 0 Å². The standard InChI is InChI=1S/C53H31N3S/c1-2-13-37(14-3-1)55-45-19-7-6-16-40(45)43-30-35(23-27-46(43)55)36-24-28-47-44(31-36)50-39-15-5-4-10-32(39)22-29-48(50)56(47)38-25-20-34(21-26-38)53-54-51-41-17-8-11-33-12-9-18-42(49(33)41)52(51)57-53/h1-31H. The Morgan fingerprint density at radius 1 is 0.368 bits per heavy atom. The molecule has 3 aromatic heterocycles. The maximum atomic E-state index is 5.23. The van der Waals surface area contributed by atoms with Crippen molar-refractivity contribution in [1.29, 1.82) is 0 Å². The van der Waals surface area contributed by atoms with Crippen LogP contribution in [0.1, 0.15) is 0 Å². The Kier molecular flexibility index (Phi) is 6.32. The summed E-state index contributed by atoms with van der Waals surface area (Å²) in [7, 11) is 0. The van der Waals surface area contributed by atoms with E-state index in [0.717, 1.165) is 22.0 Å². The number of rotatable bonds is 4. The molecule has 0 spiro atoms. The summed E-state index contributed by atoms with van der Waals surface area (Å²) in [5.74, 6) is 0. The molecule has 3 heterocycles. The SMILES string of the molecule is c1ccc(-n2c3ccccc3c3cc(-c4ccc5c(c4)c4c6ccccc6ccc4n5-c4ccc(-c5nc6c(s5)-c5cccc7cccc-6c57)cc4)ccc32)cc1. The fourth-order valence-corrected chi connectivity index (χ4v) is 10.7. The van der Waals surface area contributed by atoms with Crippen LogP contribution in [0.5, 0.6) is 0 Å². The monoisotopic (exact) mass is 741 g/mol. The second-order valence-corrected chi connectivity index (χ2v) is 16.1. The molecule has 0 saturated heterocycles. The van der Waals surface area contributed by atoms with Crippen molar-refractivity contribution in [3.63, 3.8) is 0 Å². The van der Waals surface area contributed by atoms with E-state index in [0.29, 0.717) is 0 Å². The fraction of sp³-hybridized carbons (Fsp3) is 0. The lowest BCUT2D eigenvalue weighted by Gasteiger charge is -2.10. The number of fused-ring (bicyclic) bond motifs is 11. The first kappa shape index (κ1) is 31.0. The van der Waals surface area contributed by atoms with Gasteiger partial charge >= 0.3 is 0 Å². The van der Waals surface area contributed by atoms with E-state index < -0.39 is 0 Å². The van der Waals surface area contributed by atoms with E-state index in [1.54, 1.807) is 11.3 Å². The Balaban J connectivity index is 0.957. The highest BCUT2D eigenvalue weighted by Crippen LogP contribution is 2.51. The highest BCUT2D eigenvalue weighted by atomic mass is 32.1. The minimum absolute atomic E-state index is 1.06. The van der Waals surface area contributed by atoms with Gasteiger partial charge < -0.3 is 9.13 Å². The summed E-state index contributed by atoms with van der Waals surface area (Å²) in [6, 6.07) is 68.8. The zero-order valence-electron chi connectivity index (χ0n) is 30.6. The third-order valence-electron chi connectivity index (χ3n) is 12.1. The smallest absolute Gasteiger partial charge is 0.124 e. The quantitative estimate of drug-likeness (QED) is 0.176. The summed E-state index contributed by atoms with van der Waals surface area (Å²) in [6.07, 6.45) is 0. The van der Waals surface area contributed by atoms with E-state index in [-0.39, 0.29) is 0 Å². The third kappa shape index (κ3) is 4.39. The Hall–Kier alpha value is -7.27. The Labute approximate surface area is 331 Å². The Morgan fingerprint density at radius 3 is 1.79 bits per heavy atom. The van der Waals surface area contributed by atoms with Gasteiger partial charge in [-0.1, -0.05) is 115 Å². The van der Waals surface area contributed by atoms with Crippen LogP contribution in [-0.4, -0.2) is 14.1 Å². The summed E-state index contributed by atoms with van der Waals surface area (Å²) >= 11 is 1.80. The number of aromatic nitrogens is 3. The number of para-hydroxylation sites is 2. The number of nitrogens with zero attached hydrogens (tertiary/aromatic N) is 3. The molecular formula is C53H31N3S. The first-order valence-corrected chi connectivity index (χ1v) is 20.3. The van der Waals surface area contributed by atoms with Gasteiger partial charge in [-0.25, -0.2) is 4.98 Å². The second kappa shape index (κ2) is 11.6. The van der Waals surface area contributed by atoms with Gasteiger partial charge in [-0.05, 0) is 105 Å². The molecule has 0 N–H and O–H groups in total. The van der Waals surface area contributed by atoms with Crippen LogP contribution in [0.4, 0.5) is 0 Å². The lowest BCUT2D eigenvalue weighted by atomic mass is 9.99. The third-order valence-corrected chi connectivity index (χ3v) is 13.2. The zero-order valence-corrected chi connectivity index (χ0v) is 31.5. The molecule has 1 aliphatic rings. The number of thiazole rings is 1. The van der Waals surface area contributed by atoms with Crippen molar-refractivity contribution in [2.24, 2.45) is 0 Å². The minimum atomic E-state index is 1.06. The van der Waals surface area contributed by atoms with Gasteiger partial charge in [0.05, 0.1) is 32.6 Å². The first-order valence-electron chi connectivity index (χ1n) is 19.5. The lowest BCUT2D eigenvalue weighted by Crippen LogP contribution is -1.94. The van der Waals surface area contributed by atoms with Crippen LogP contribution >= 0.6 is 11.3 Å². The number of hydrogen-bond donors (Lipinski definition) is 0. The molecule has 0 atom stereocenters. The highest BCUT2D eigenvalue weighted by molar-refractivity contribution is 7.19. The molecule has 4 heteroatoms. The fourth-order valence-electron chi connectivity index (χ4n) is 9.55. The van der Waals surface area contributed by atoms with Crippen LogP contribution in [0.2, 0.25) is 0 Å². The molecule has 0 radical (unpaired) electrons. The summed E-state index contributed by atoms with van der Waals surface area (Å²) in [5, 5.41) is 11.2. The van der Waals surface area contributed by atoms with Crippen LogP contribution < -0.4 is 0 Å². The normalized spacial score (nSPS) is 12.2. The molecule has 3 nitrogen and oxygen atoms in total. The minimum Gasteiger partial charge on any atom is -0.309 e. The highest BCUT2D eigenvalue weighted by Gasteiger charge is 2.26. The van der Waals surface area contributed by atoms with Crippen molar-refractivity contribution in [2.75, 3.05) is 0 Å². The van der Waals surface area contributed by atoms with Gasteiger partial charge in [-0.3, -0.25) is 0 Å². The van der Waals surface area contributed by atoms with Crippen molar-refractivity contribution in [3.8, 4) is 54.8 Å². The first-order chi connectivity index (χ1) is 28.3. The van der Waals surface area contributed by atoms with Crippen LogP contribution in [0.3, 0.4) is 0 Å². The van der Waals surface area contributed by atoms with Gasteiger partial charge in [-0.2, -0.15) is 0 Å². The molecule has 57 heavy (non-hydrogen) atoms. The molecule has 264 valence electrons. The summed E-state index contributed by atoms with van der Waals surface area (Å²) in [4.78, 5) is 6.50. The molecule has 0 saturated carbocycles. The van der Waals surface area contributed by atoms with Crippen LogP contribution in [0, 0.1) is 0 Å². The zero-order chi connectivity index (χ0) is 37.2. The van der Waals surface area contributed by atoms with E-state index in [1.165, 1.54) is 98.0 Å². The largest absolute Gasteiger partial charge is 0.309 e. The Morgan fingerprint density at radius 2 is 0.965 bits per heavy atom. The van der Waals surface area contributed by atoms with Gasteiger partial charge in [0.25, 0.3) is 0 Å². The molecule has 12 aromatic rings. The number of benzene rings is 9. The van der Waals surface area contributed by atoms with E-state index in [1.807, 2.05) is 0 Å². The molecular weight excluding hydrogens is 711 g/mol. The van der Waals surface area contributed by atoms with E-state index in [9.17, 15) is 0 Å². The molecule has 9 aromatic carbocycles. The van der Waals surface area contributed by atoms with Gasteiger partial charge in [0.1, 0.15) is 5.01 Å². The molecule has 1 aliphatic carbocycles. The van der Waals surface area contributed by atoms with Crippen molar-refractivity contribution >= 4 is 76.5 Å². The maximum absolute atomic E-state index is 5.23. The maximum Gasteiger partial charge on any atom is 0.124 e. The summed E-state index contributed by atoms with van der Waals surface area (Å²) in [5.41, 5.74) is 14.3. The van der Waals surface area contributed by atoms with Crippen molar-refractivity contribution in [2.45, 2.75) is 0 Å². The molecule has 0 fully saturated rings. The molecule has 13 rings (SSSR count). The average molecular weight is 742 g/mol. The van der Waals surface area contributed by atoms with Crippen LogP contribution in [0.25, 0.3) is 120 Å². The van der Waals surface area contributed by atoms with E-state index >= 15 is 0 Å². The topological polar surface area (TPSA) is 22.8 Å². The predicted octanol–water partition coefficient (Wildman–Crippen LogP) is 14.6.